The summed E-state index contributed by atoms with van der Waals surface area (Å²) in [7, 11) is 0. The van der Waals surface area contributed by atoms with Crippen molar-refractivity contribution in [2.45, 2.75) is 12.8 Å². The highest BCUT2D eigenvalue weighted by Gasteiger charge is 2.28. The Labute approximate surface area is 100.0 Å². The topological polar surface area (TPSA) is 29.1 Å². The maximum Gasteiger partial charge on any atom is 0.223 e. The number of amides is 1. The number of carbonyl (C=O) groups excluding carboxylic acids is 1. The summed E-state index contributed by atoms with van der Waals surface area (Å²) in [4.78, 5) is 11.3. The predicted octanol–water partition coefficient (Wildman–Crippen LogP) is 2.22. The first-order chi connectivity index (χ1) is 7.75. The molecule has 1 N–H and O–H groups in total. The van der Waals surface area contributed by atoms with Gasteiger partial charge in [-0.2, -0.15) is 0 Å². The van der Waals surface area contributed by atoms with Gasteiger partial charge in [-0.25, -0.2) is 0 Å². The average Bonchev–Trinajstić information content (AvgIpc) is 3.08. The molecule has 1 aliphatic rings. The zero-order valence-corrected chi connectivity index (χ0v) is 9.55. The highest BCUT2D eigenvalue weighted by atomic mass is 35.5. The van der Waals surface area contributed by atoms with Crippen molar-refractivity contribution in [1.82, 2.24) is 5.32 Å². The number of carbonyl (C=O) groups is 1. The molecule has 2 nitrogen and oxygen atoms in total. The van der Waals surface area contributed by atoms with Crippen LogP contribution in [0.3, 0.4) is 0 Å². The van der Waals surface area contributed by atoms with Crippen LogP contribution < -0.4 is 5.32 Å². The van der Waals surface area contributed by atoms with Crippen LogP contribution >= 0.6 is 11.6 Å². The van der Waals surface area contributed by atoms with Crippen molar-refractivity contribution < 1.29 is 4.79 Å². The SMILES string of the molecule is O=C(NCC#Cc1cccc(Cl)c1)C1CC1. The molecular weight excluding hydrogens is 222 g/mol. The number of nitrogens with one attached hydrogen (secondary N) is 1. The second-order valence-corrected chi connectivity index (χ2v) is 4.24. The molecule has 1 saturated carbocycles. The first kappa shape index (κ1) is 11.0. The Morgan fingerprint density at radius 3 is 3.00 bits per heavy atom. The summed E-state index contributed by atoms with van der Waals surface area (Å²) >= 11 is 5.82. The molecule has 0 unspecified atom stereocenters. The Hall–Kier alpha value is -1.46. The van der Waals surface area contributed by atoms with Crippen molar-refractivity contribution in [3.05, 3.63) is 34.9 Å². The van der Waals surface area contributed by atoms with Crippen molar-refractivity contribution in [3.8, 4) is 11.8 Å². The number of hydrogen-bond donors (Lipinski definition) is 1. The Morgan fingerprint density at radius 1 is 1.50 bits per heavy atom. The molecule has 0 heterocycles. The second kappa shape index (κ2) is 5.05. The van der Waals surface area contributed by atoms with Crippen molar-refractivity contribution in [2.24, 2.45) is 5.92 Å². The zero-order valence-electron chi connectivity index (χ0n) is 8.79. The van der Waals surface area contributed by atoms with E-state index < -0.39 is 0 Å². The van der Waals surface area contributed by atoms with Gasteiger partial charge in [0.05, 0.1) is 6.54 Å². The average molecular weight is 234 g/mol. The van der Waals surface area contributed by atoms with E-state index in [1.54, 1.807) is 6.07 Å². The Balaban J connectivity index is 1.83. The van der Waals surface area contributed by atoms with E-state index in [0.717, 1.165) is 18.4 Å². The minimum Gasteiger partial charge on any atom is -0.345 e. The second-order valence-electron chi connectivity index (χ2n) is 3.80. The minimum absolute atomic E-state index is 0.125. The van der Waals surface area contributed by atoms with Gasteiger partial charge in [0, 0.05) is 16.5 Å². The van der Waals surface area contributed by atoms with E-state index in [1.807, 2.05) is 18.2 Å². The van der Waals surface area contributed by atoms with E-state index in [4.69, 9.17) is 11.6 Å². The number of rotatable bonds is 2. The van der Waals surface area contributed by atoms with Crippen molar-refractivity contribution in [3.63, 3.8) is 0 Å². The summed E-state index contributed by atoms with van der Waals surface area (Å²) in [6.45, 7) is 0.405. The van der Waals surface area contributed by atoms with Crippen LogP contribution in [-0.2, 0) is 4.79 Å². The third-order valence-corrected chi connectivity index (χ3v) is 2.59. The fourth-order valence-corrected chi connectivity index (χ4v) is 1.52. The van der Waals surface area contributed by atoms with Gasteiger partial charge in [-0.15, -0.1) is 0 Å². The maximum absolute atomic E-state index is 11.3. The molecule has 1 aliphatic carbocycles. The van der Waals surface area contributed by atoms with Crippen molar-refractivity contribution >= 4 is 17.5 Å². The van der Waals surface area contributed by atoms with Gasteiger partial charge >= 0.3 is 0 Å². The van der Waals surface area contributed by atoms with Gasteiger partial charge in [-0.3, -0.25) is 4.79 Å². The fraction of sp³-hybridized carbons (Fsp3) is 0.308. The number of halogens is 1. The molecule has 3 heteroatoms. The smallest absolute Gasteiger partial charge is 0.223 e. The van der Waals surface area contributed by atoms with Crippen LogP contribution in [0.2, 0.25) is 5.02 Å². The Bertz CT molecular complexity index is 454. The number of hydrogen-bond acceptors (Lipinski definition) is 1. The molecule has 1 aromatic carbocycles. The monoisotopic (exact) mass is 233 g/mol. The largest absolute Gasteiger partial charge is 0.345 e. The van der Waals surface area contributed by atoms with Gasteiger partial charge in [-0.1, -0.05) is 29.5 Å². The van der Waals surface area contributed by atoms with Crippen LogP contribution in [-0.4, -0.2) is 12.5 Å². The molecule has 0 radical (unpaired) electrons. The van der Waals surface area contributed by atoms with E-state index in [1.165, 1.54) is 0 Å². The van der Waals surface area contributed by atoms with Gasteiger partial charge in [-0.05, 0) is 31.0 Å². The van der Waals surface area contributed by atoms with E-state index >= 15 is 0 Å². The zero-order chi connectivity index (χ0) is 11.4. The molecule has 1 amide bonds. The third kappa shape index (κ3) is 3.29. The van der Waals surface area contributed by atoms with Crippen molar-refractivity contribution in [1.29, 1.82) is 0 Å². The summed E-state index contributed by atoms with van der Waals surface area (Å²) in [5, 5.41) is 3.46. The summed E-state index contributed by atoms with van der Waals surface area (Å²) < 4.78 is 0. The lowest BCUT2D eigenvalue weighted by Gasteiger charge is -1.96. The lowest BCUT2D eigenvalue weighted by atomic mass is 10.2. The van der Waals surface area contributed by atoms with E-state index in [-0.39, 0.29) is 11.8 Å². The van der Waals surface area contributed by atoms with E-state index in [0.29, 0.717) is 11.6 Å². The van der Waals surface area contributed by atoms with Crippen molar-refractivity contribution in [2.75, 3.05) is 6.54 Å². The van der Waals surface area contributed by atoms with Crippen LogP contribution in [0.25, 0.3) is 0 Å². The first-order valence-electron chi connectivity index (χ1n) is 5.28. The standard InChI is InChI=1S/C13H12ClNO/c14-12-5-1-3-10(9-12)4-2-8-15-13(16)11-6-7-11/h1,3,5,9,11H,6-8H2,(H,15,16). The predicted molar refractivity (Wildman–Crippen MR) is 64.1 cm³/mol. The fourth-order valence-electron chi connectivity index (χ4n) is 1.33. The molecule has 0 bridgehead atoms. The lowest BCUT2D eigenvalue weighted by Crippen LogP contribution is -2.24. The summed E-state index contributed by atoms with van der Waals surface area (Å²) in [5.74, 6) is 6.22. The van der Waals surface area contributed by atoms with Crippen LogP contribution in [0.15, 0.2) is 24.3 Å². The molecular formula is C13H12ClNO. The lowest BCUT2D eigenvalue weighted by molar-refractivity contribution is -0.122. The Kier molecular flexibility index (Phi) is 3.48. The minimum atomic E-state index is 0.125. The molecule has 0 atom stereocenters. The molecule has 0 aliphatic heterocycles. The van der Waals surface area contributed by atoms with Gasteiger partial charge < -0.3 is 5.32 Å². The van der Waals surface area contributed by atoms with E-state index in [9.17, 15) is 4.79 Å². The quantitative estimate of drug-likeness (QED) is 0.780. The van der Waals surface area contributed by atoms with Crippen LogP contribution in [0.4, 0.5) is 0 Å². The van der Waals surface area contributed by atoms with Gasteiger partial charge in [0.25, 0.3) is 0 Å². The highest BCUT2D eigenvalue weighted by Crippen LogP contribution is 2.28. The molecule has 0 aromatic heterocycles. The van der Waals surface area contributed by atoms with Crippen LogP contribution in [0.1, 0.15) is 18.4 Å². The van der Waals surface area contributed by atoms with E-state index in [2.05, 4.69) is 17.2 Å². The molecule has 0 spiro atoms. The molecule has 1 aromatic rings. The molecule has 1 fully saturated rings. The maximum atomic E-state index is 11.3. The van der Waals surface area contributed by atoms with Gasteiger partial charge in [0.1, 0.15) is 0 Å². The molecule has 16 heavy (non-hydrogen) atoms. The molecule has 0 saturated heterocycles. The number of benzene rings is 1. The Morgan fingerprint density at radius 2 is 2.31 bits per heavy atom. The summed E-state index contributed by atoms with van der Waals surface area (Å²) in [5.41, 5.74) is 0.869. The molecule has 82 valence electrons. The summed E-state index contributed by atoms with van der Waals surface area (Å²) in [6.07, 6.45) is 2.04. The normalized spacial score (nSPS) is 13.8. The first-order valence-corrected chi connectivity index (χ1v) is 5.65. The van der Waals surface area contributed by atoms with Gasteiger partial charge in [0.15, 0.2) is 0 Å². The molecule has 2 rings (SSSR count). The van der Waals surface area contributed by atoms with Crippen LogP contribution in [0.5, 0.6) is 0 Å². The summed E-state index contributed by atoms with van der Waals surface area (Å²) in [6, 6.07) is 7.36. The highest BCUT2D eigenvalue weighted by molar-refractivity contribution is 6.30. The third-order valence-electron chi connectivity index (χ3n) is 2.36. The van der Waals surface area contributed by atoms with Gasteiger partial charge in [0.2, 0.25) is 5.91 Å². The van der Waals surface area contributed by atoms with Crippen LogP contribution in [0, 0.1) is 17.8 Å².